The van der Waals surface area contributed by atoms with Crippen LogP contribution in [0.1, 0.15) is 32.0 Å². The quantitative estimate of drug-likeness (QED) is 0.305. The Kier molecular flexibility index (Phi) is 6.91. The van der Waals surface area contributed by atoms with Crippen molar-refractivity contribution in [2.75, 3.05) is 35.2 Å². The van der Waals surface area contributed by atoms with Crippen molar-refractivity contribution in [3.05, 3.63) is 51.5 Å². The number of nitrogens with zero attached hydrogens (tertiary/aromatic N) is 5. The van der Waals surface area contributed by atoms with E-state index in [1.165, 1.54) is 0 Å². The van der Waals surface area contributed by atoms with E-state index in [0.717, 1.165) is 67.8 Å². The molecule has 182 valence electrons. The zero-order chi connectivity index (χ0) is 24.7. The lowest BCUT2D eigenvalue weighted by Gasteiger charge is -2.45. The molecule has 7 nitrogen and oxygen atoms in total. The highest BCUT2D eigenvalue weighted by atomic mass is 127. The molecular weight excluding hydrogens is 569 g/mol. The lowest BCUT2D eigenvalue weighted by atomic mass is 10.1. The third-order valence-electron chi connectivity index (χ3n) is 6.88. The van der Waals surface area contributed by atoms with Crippen LogP contribution in [0, 0.1) is 10.5 Å². The van der Waals surface area contributed by atoms with Crippen LogP contribution >= 0.6 is 34.8 Å². The van der Waals surface area contributed by atoms with E-state index < -0.39 is 0 Å². The van der Waals surface area contributed by atoms with Crippen molar-refractivity contribution in [2.24, 2.45) is 0 Å². The summed E-state index contributed by atoms with van der Waals surface area (Å²) in [5.41, 5.74) is 6.90. The molecule has 1 fully saturated rings. The average Bonchev–Trinajstić information content (AvgIpc) is 2.94. The van der Waals surface area contributed by atoms with Crippen LogP contribution in [0.5, 0.6) is 0 Å². The van der Waals surface area contributed by atoms with Gasteiger partial charge in [-0.15, -0.1) is 0 Å². The molecule has 2 aliphatic rings. The number of hydrogen-bond donors (Lipinski definition) is 2. The molecule has 2 aliphatic heterocycles. The molecule has 2 aromatic heterocycles. The Morgan fingerprint density at radius 1 is 1.14 bits per heavy atom. The van der Waals surface area contributed by atoms with Crippen molar-refractivity contribution in [1.29, 1.82) is 0 Å². The molecule has 0 spiro atoms. The van der Waals surface area contributed by atoms with Crippen LogP contribution in [0.2, 0.25) is 0 Å². The molecule has 1 saturated heterocycles. The van der Waals surface area contributed by atoms with Gasteiger partial charge in [-0.25, -0.2) is 9.97 Å². The van der Waals surface area contributed by atoms with Crippen molar-refractivity contribution in [2.45, 2.75) is 46.2 Å². The summed E-state index contributed by atoms with van der Waals surface area (Å²) in [5.74, 6) is 0.556. The van der Waals surface area contributed by atoms with E-state index in [4.69, 9.17) is 22.2 Å². The number of fused-ring (bicyclic) bond motifs is 3. The number of hydrogen-bond acceptors (Lipinski definition) is 7. The van der Waals surface area contributed by atoms with E-state index in [-0.39, 0.29) is 0 Å². The number of aryl methyl sites for hydroxylation is 1. The molecule has 2 N–H and O–H groups in total. The Bertz CT molecular complexity index is 1270. The maximum Gasteiger partial charge on any atom is 0.227 e. The average molecular weight is 600 g/mol. The number of aromatic nitrogens is 3. The Hall–Kier alpha value is -2.37. The van der Waals surface area contributed by atoms with Crippen LogP contribution in [0.3, 0.4) is 0 Å². The summed E-state index contributed by atoms with van der Waals surface area (Å²) in [6, 6.07) is 9.45. The summed E-state index contributed by atoms with van der Waals surface area (Å²) in [6.45, 7) is 11.9. The molecule has 3 aromatic rings. The summed E-state index contributed by atoms with van der Waals surface area (Å²) < 4.78 is 1.15. The molecular formula is C26H30IN7S. The Labute approximate surface area is 225 Å². The van der Waals surface area contributed by atoms with Gasteiger partial charge in [0, 0.05) is 58.2 Å². The highest BCUT2D eigenvalue weighted by molar-refractivity contribution is 14.1. The predicted octanol–water partition coefficient (Wildman–Crippen LogP) is 5.41. The number of piperazine rings is 1. The SMILES string of the molecule is CCN1[C@H](C)CN(c2cnc(C)c(Nc3ncc4c(n3)-c3ccc(I)cc3NC(=S)C4)c2)C[C@@H]1C. The van der Waals surface area contributed by atoms with Gasteiger partial charge < -0.3 is 15.5 Å². The highest BCUT2D eigenvalue weighted by Gasteiger charge is 2.28. The van der Waals surface area contributed by atoms with E-state index in [1.54, 1.807) is 0 Å². The van der Waals surface area contributed by atoms with Gasteiger partial charge in [0.1, 0.15) is 0 Å². The third kappa shape index (κ3) is 4.99. The maximum absolute atomic E-state index is 5.55. The summed E-state index contributed by atoms with van der Waals surface area (Å²) in [6.07, 6.45) is 4.47. The summed E-state index contributed by atoms with van der Waals surface area (Å²) in [4.78, 5) is 20.0. The standard InChI is InChI=1S/C26H30IN7S/c1-5-34-15(2)13-33(14-16(34)3)20-10-22(17(4)28-12-20)31-26-29-11-18-8-24(35)30-23-9-19(27)6-7-21(23)25(18)32-26/h6-7,9-12,15-16H,5,8,13-14H2,1-4H3,(H,30,35)(H,29,31,32)/t15-,16+. The first-order valence-corrected chi connectivity index (χ1v) is 13.5. The predicted molar refractivity (Wildman–Crippen MR) is 156 cm³/mol. The Balaban J connectivity index is 1.45. The molecule has 0 aliphatic carbocycles. The van der Waals surface area contributed by atoms with Crippen LogP contribution in [-0.2, 0) is 6.42 Å². The van der Waals surface area contributed by atoms with E-state index in [9.17, 15) is 0 Å². The number of rotatable bonds is 4. The van der Waals surface area contributed by atoms with Crippen molar-refractivity contribution < 1.29 is 0 Å². The molecule has 0 bridgehead atoms. The van der Waals surface area contributed by atoms with Gasteiger partial charge in [0.15, 0.2) is 0 Å². The number of benzene rings is 1. The number of likely N-dealkylation sites (N-methyl/N-ethyl adjacent to an activating group) is 1. The minimum Gasteiger partial charge on any atom is -0.367 e. The topological polar surface area (TPSA) is 69.2 Å². The number of anilines is 4. The number of thiocarbonyl (C=S) groups is 1. The molecule has 0 saturated carbocycles. The first-order valence-electron chi connectivity index (χ1n) is 12.0. The smallest absolute Gasteiger partial charge is 0.227 e. The van der Waals surface area contributed by atoms with Gasteiger partial charge in [-0.2, -0.15) is 0 Å². The van der Waals surface area contributed by atoms with Crippen LogP contribution < -0.4 is 15.5 Å². The molecule has 5 rings (SSSR count). The van der Waals surface area contributed by atoms with Crippen molar-refractivity contribution in [3.63, 3.8) is 0 Å². The summed E-state index contributed by atoms with van der Waals surface area (Å²) >= 11 is 7.87. The third-order valence-corrected chi connectivity index (χ3v) is 7.79. The Morgan fingerprint density at radius 3 is 2.66 bits per heavy atom. The molecule has 9 heteroatoms. The first kappa shape index (κ1) is 24.3. The second-order valence-corrected chi connectivity index (χ2v) is 11.1. The zero-order valence-corrected chi connectivity index (χ0v) is 23.4. The molecule has 0 unspecified atom stereocenters. The lowest BCUT2D eigenvalue weighted by Crippen LogP contribution is -2.56. The van der Waals surface area contributed by atoms with Gasteiger partial charge in [0.2, 0.25) is 5.95 Å². The fourth-order valence-corrected chi connectivity index (χ4v) is 5.91. The molecule has 35 heavy (non-hydrogen) atoms. The first-order chi connectivity index (χ1) is 16.8. The fraction of sp³-hybridized carbons (Fsp3) is 0.385. The minimum atomic E-state index is 0.497. The molecule has 0 radical (unpaired) electrons. The van der Waals surface area contributed by atoms with Crippen LogP contribution in [-0.4, -0.2) is 56.6 Å². The second-order valence-electron chi connectivity index (χ2n) is 9.37. The van der Waals surface area contributed by atoms with Gasteiger partial charge in [0.05, 0.1) is 33.9 Å². The largest absolute Gasteiger partial charge is 0.367 e. The van der Waals surface area contributed by atoms with Gasteiger partial charge in [-0.3, -0.25) is 9.88 Å². The van der Waals surface area contributed by atoms with Gasteiger partial charge in [-0.1, -0.05) is 19.1 Å². The molecule has 4 heterocycles. The van der Waals surface area contributed by atoms with Crippen LogP contribution in [0.4, 0.5) is 23.0 Å². The number of nitrogens with one attached hydrogen (secondary N) is 2. The molecule has 2 atom stereocenters. The highest BCUT2D eigenvalue weighted by Crippen LogP contribution is 2.35. The lowest BCUT2D eigenvalue weighted by molar-refractivity contribution is 0.140. The van der Waals surface area contributed by atoms with Gasteiger partial charge in [-0.05, 0) is 74.2 Å². The molecule has 0 amide bonds. The minimum absolute atomic E-state index is 0.497. The maximum atomic E-state index is 5.55. The summed E-state index contributed by atoms with van der Waals surface area (Å²) in [7, 11) is 0. The van der Waals surface area contributed by atoms with E-state index in [2.05, 4.69) is 93.0 Å². The normalized spacial score (nSPS) is 20.0. The van der Waals surface area contributed by atoms with Crippen LogP contribution in [0.15, 0.2) is 36.7 Å². The molecule has 1 aromatic carbocycles. The summed E-state index contributed by atoms with van der Waals surface area (Å²) in [5, 5.41) is 6.81. The zero-order valence-electron chi connectivity index (χ0n) is 20.5. The number of pyridine rings is 1. The number of halogens is 1. The van der Waals surface area contributed by atoms with Crippen LogP contribution in [0.25, 0.3) is 11.3 Å². The monoisotopic (exact) mass is 599 g/mol. The fourth-order valence-electron chi connectivity index (χ4n) is 5.16. The van der Waals surface area contributed by atoms with Gasteiger partial charge >= 0.3 is 0 Å². The van der Waals surface area contributed by atoms with Crippen molar-refractivity contribution in [3.8, 4) is 11.3 Å². The second kappa shape index (κ2) is 9.94. The van der Waals surface area contributed by atoms with Crippen molar-refractivity contribution in [1.82, 2.24) is 19.9 Å². The van der Waals surface area contributed by atoms with E-state index in [0.29, 0.717) is 24.5 Å². The van der Waals surface area contributed by atoms with Crippen molar-refractivity contribution >= 4 is 62.8 Å². The van der Waals surface area contributed by atoms with E-state index in [1.807, 2.05) is 19.3 Å². The van der Waals surface area contributed by atoms with Gasteiger partial charge in [0.25, 0.3) is 0 Å². The van der Waals surface area contributed by atoms with E-state index >= 15 is 0 Å². The Morgan fingerprint density at radius 2 is 1.91 bits per heavy atom.